The van der Waals surface area contributed by atoms with Gasteiger partial charge < -0.3 is 9.15 Å². The van der Waals surface area contributed by atoms with Crippen LogP contribution in [0.15, 0.2) is 47.1 Å². The highest BCUT2D eigenvalue weighted by molar-refractivity contribution is 6.30. The lowest BCUT2D eigenvalue weighted by Crippen LogP contribution is -1.88. The van der Waals surface area contributed by atoms with Crippen molar-refractivity contribution in [2.24, 2.45) is 0 Å². The Morgan fingerprint density at radius 2 is 2.11 bits per heavy atom. The normalized spacial score (nSPS) is 10.8. The Kier molecular flexibility index (Phi) is 2.73. The van der Waals surface area contributed by atoms with Crippen LogP contribution in [-0.2, 0) is 0 Å². The third-order valence-electron chi connectivity index (χ3n) is 2.73. The van der Waals surface area contributed by atoms with Crippen LogP contribution in [0.3, 0.4) is 0 Å². The molecule has 0 bridgehead atoms. The van der Waals surface area contributed by atoms with Crippen molar-refractivity contribution in [1.29, 1.82) is 0 Å². The summed E-state index contributed by atoms with van der Waals surface area (Å²) < 4.78 is 11.3. The van der Waals surface area contributed by atoms with Gasteiger partial charge in [0.1, 0.15) is 5.75 Å². The smallest absolute Gasteiger partial charge is 0.176 e. The molecular formula is C15H10ClO2. The third kappa shape index (κ3) is 1.95. The van der Waals surface area contributed by atoms with Crippen LogP contribution in [0.2, 0.25) is 5.02 Å². The minimum Gasteiger partial charge on any atom is -0.460 e. The highest BCUT2D eigenvalue weighted by Gasteiger charge is 2.10. The number of rotatable bonds is 2. The molecule has 2 aromatic carbocycles. The Labute approximate surface area is 110 Å². The molecule has 2 nitrogen and oxygen atoms in total. The lowest BCUT2D eigenvalue weighted by atomic mass is 10.1. The molecule has 0 saturated heterocycles. The molecule has 18 heavy (non-hydrogen) atoms. The van der Waals surface area contributed by atoms with Crippen molar-refractivity contribution < 1.29 is 9.15 Å². The van der Waals surface area contributed by atoms with Gasteiger partial charge in [-0.25, -0.2) is 0 Å². The van der Waals surface area contributed by atoms with Crippen LogP contribution in [0.4, 0.5) is 0 Å². The van der Waals surface area contributed by atoms with Crippen molar-refractivity contribution in [3.63, 3.8) is 0 Å². The maximum absolute atomic E-state index is 5.89. The van der Waals surface area contributed by atoms with E-state index >= 15 is 0 Å². The largest absolute Gasteiger partial charge is 0.460 e. The summed E-state index contributed by atoms with van der Waals surface area (Å²) in [5.41, 5.74) is 1.76. The zero-order valence-corrected chi connectivity index (χ0v) is 10.5. The number of halogens is 1. The van der Waals surface area contributed by atoms with E-state index in [1.807, 2.05) is 31.2 Å². The van der Waals surface area contributed by atoms with Crippen LogP contribution in [-0.4, -0.2) is 0 Å². The summed E-state index contributed by atoms with van der Waals surface area (Å²) >= 11 is 5.89. The Hall–Kier alpha value is -1.93. The molecule has 0 fully saturated rings. The van der Waals surface area contributed by atoms with E-state index in [4.69, 9.17) is 20.8 Å². The fourth-order valence-corrected chi connectivity index (χ4v) is 2.00. The van der Waals surface area contributed by atoms with Crippen molar-refractivity contribution in [1.82, 2.24) is 0 Å². The number of ether oxygens (including phenoxy) is 1. The molecule has 0 atom stereocenters. The monoisotopic (exact) mass is 257 g/mol. The second-order valence-electron chi connectivity index (χ2n) is 4.02. The summed E-state index contributed by atoms with van der Waals surface area (Å²) in [6, 6.07) is 14.1. The molecule has 0 spiro atoms. The average Bonchev–Trinajstić information content (AvgIpc) is 2.81. The van der Waals surface area contributed by atoms with Gasteiger partial charge in [-0.1, -0.05) is 23.7 Å². The first-order valence-corrected chi connectivity index (χ1v) is 5.94. The molecular weight excluding hydrogens is 248 g/mol. The average molecular weight is 258 g/mol. The van der Waals surface area contributed by atoms with E-state index < -0.39 is 0 Å². The second kappa shape index (κ2) is 4.39. The van der Waals surface area contributed by atoms with Crippen LogP contribution < -0.4 is 4.74 Å². The molecule has 3 aromatic rings. The fraction of sp³-hybridized carbons (Fsp3) is 0.0667. The maximum Gasteiger partial charge on any atom is 0.176 e. The van der Waals surface area contributed by atoms with Crippen molar-refractivity contribution in [2.45, 2.75) is 6.92 Å². The van der Waals surface area contributed by atoms with Crippen LogP contribution >= 0.6 is 11.6 Å². The number of fused-ring (bicyclic) bond motifs is 1. The summed E-state index contributed by atoms with van der Waals surface area (Å²) in [5, 5.41) is 1.54. The molecule has 1 aromatic heterocycles. The van der Waals surface area contributed by atoms with E-state index in [9.17, 15) is 0 Å². The van der Waals surface area contributed by atoms with Crippen molar-refractivity contribution in [3.05, 3.63) is 59.3 Å². The number of hydrogen-bond donors (Lipinski definition) is 0. The first-order chi connectivity index (χ1) is 8.74. The first-order valence-electron chi connectivity index (χ1n) is 5.56. The summed E-state index contributed by atoms with van der Waals surface area (Å²) in [7, 11) is 0. The molecule has 0 amide bonds. The van der Waals surface area contributed by atoms with E-state index in [2.05, 4.69) is 6.07 Å². The Bertz CT molecular complexity index is 701. The SMILES string of the molecule is Cc1ccc2ccoc2c1Oc1cc[c]c(Cl)c1. The predicted octanol–water partition coefficient (Wildman–Crippen LogP) is 4.99. The fourth-order valence-electron chi connectivity index (χ4n) is 1.83. The Morgan fingerprint density at radius 1 is 1.22 bits per heavy atom. The summed E-state index contributed by atoms with van der Waals surface area (Å²) in [6.07, 6.45) is 1.66. The standard InChI is InChI=1S/C15H10ClO2/c1-10-5-6-11-7-8-17-15(11)14(10)18-13-4-2-3-12(16)9-13/h2,4-9H,1H3. The van der Waals surface area contributed by atoms with Gasteiger partial charge in [0, 0.05) is 17.5 Å². The molecule has 0 aliphatic rings. The Balaban J connectivity index is 2.09. The molecule has 0 saturated carbocycles. The molecule has 3 heteroatoms. The summed E-state index contributed by atoms with van der Waals surface area (Å²) in [6.45, 7) is 1.98. The van der Waals surface area contributed by atoms with E-state index in [1.54, 1.807) is 18.4 Å². The lowest BCUT2D eigenvalue weighted by Gasteiger charge is -2.09. The first kappa shape index (κ1) is 11.2. The van der Waals surface area contributed by atoms with E-state index in [0.717, 1.165) is 22.3 Å². The molecule has 0 unspecified atom stereocenters. The van der Waals surface area contributed by atoms with Gasteiger partial charge >= 0.3 is 0 Å². The maximum atomic E-state index is 5.89. The molecule has 0 aliphatic carbocycles. The molecule has 89 valence electrons. The van der Waals surface area contributed by atoms with E-state index in [1.165, 1.54) is 0 Å². The van der Waals surface area contributed by atoms with Crippen LogP contribution in [0.5, 0.6) is 11.5 Å². The van der Waals surface area contributed by atoms with Crippen LogP contribution in [0.25, 0.3) is 11.0 Å². The van der Waals surface area contributed by atoms with Gasteiger partial charge in [-0.15, -0.1) is 0 Å². The zero-order valence-electron chi connectivity index (χ0n) is 9.74. The third-order valence-corrected chi connectivity index (χ3v) is 2.95. The van der Waals surface area contributed by atoms with Gasteiger partial charge in [0.05, 0.1) is 11.3 Å². The predicted molar refractivity (Wildman–Crippen MR) is 71.3 cm³/mol. The summed E-state index contributed by atoms with van der Waals surface area (Å²) in [5.74, 6) is 1.39. The highest BCUT2D eigenvalue weighted by Crippen LogP contribution is 2.34. The highest BCUT2D eigenvalue weighted by atomic mass is 35.5. The topological polar surface area (TPSA) is 22.4 Å². The molecule has 1 radical (unpaired) electrons. The number of aryl methyl sites for hydroxylation is 1. The van der Waals surface area contributed by atoms with Gasteiger partial charge in [-0.05, 0) is 30.7 Å². The minimum atomic E-state index is 0.525. The van der Waals surface area contributed by atoms with Gasteiger partial charge in [-0.3, -0.25) is 0 Å². The summed E-state index contributed by atoms with van der Waals surface area (Å²) in [4.78, 5) is 0. The van der Waals surface area contributed by atoms with E-state index in [-0.39, 0.29) is 0 Å². The molecule has 0 aliphatic heterocycles. The van der Waals surface area contributed by atoms with Gasteiger partial charge in [-0.2, -0.15) is 0 Å². The quantitative estimate of drug-likeness (QED) is 0.645. The Morgan fingerprint density at radius 3 is 2.94 bits per heavy atom. The van der Waals surface area contributed by atoms with Crippen molar-refractivity contribution in [2.75, 3.05) is 0 Å². The van der Waals surface area contributed by atoms with Crippen LogP contribution in [0, 0.1) is 13.0 Å². The van der Waals surface area contributed by atoms with Crippen LogP contribution in [0.1, 0.15) is 5.56 Å². The van der Waals surface area contributed by atoms with E-state index in [0.29, 0.717) is 10.8 Å². The van der Waals surface area contributed by atoms with Gasteiger partial charge in [0.25, 0.3) is 0 Å². The molecule has 1 heterocycles. The number of furan rings is 1. The van der Waals surface area contributed by atoms with Crippen molar-refractivity contribution >= 4 is 22.6 Å². The number of hydrogen-bond acceptors (Lipinski definition) is 2. The lowest BCUT2D eigenvalue weighted by molar-refractivity contribution is 0.469. The van der Waals surface area contributed by atoms with Gasteiger partial charge in [0.15, 0.2) is 11.3 Å². The molecule has 0 N–H and O–H groups in total. The molecule has 3 rings (SSSR count). The van der Waals surface area contributed by atoms with Gasteiger partial charge in [0.2, 0.25) is 0 Å². The minimum absolute atomic E-state index is 0.525. The van der Waals surface area contributed by atoms with Crippen molar-refractivity contribution in [3.8, 4) is 11.5 Å². The number of benzene rings is 2. The zero-order chi connectivity index (χ0) is 12.5. The second-order valence-corrected chi connectivity index (χ2v) is 4.43.